The standard InChI is InChI=1S/C15H13F3N4/c1-9-11(5-19-21-9)7-22-8-12(6-20-22)10-2-3-14(16)13(4-10)15(17)18/h2-6,8,15H,7H2,1H3,(H,19,21). The van der Waals surface area contributed by atoms with Crippen LogP contribution in [0.15, 0.2) is 36.8 Å². The van der Waals surface area contributed by atoms with E-state index in [0.717, 1.165) is 23.4 Å². The molecule has 2 heterocycles. The topological polar surface area (TPSA) is 46.5 Å². The number of alkyl halides is 2. The largest absolute Gasteiger partial charge is 0.283 e. The fourth-order valence-electron chi connectivity index (χ4n) is 2.20. The molecule has 0 fully saturated rings. The Kier molecular flexibility index (Phi) is 3.70. The van der Waals surface area contributed by atoms with Gasteiger partial charge in [-0.2, -0.15) is 10.2 Å². The predicted molar refractivity (Wildman–Crippen MR) is 75.0 cm³/mol. The predicted octanol–water partition coefficient (Wildman–Crippen LogP) is 3.71. The molecule has 0 aliphatic rings. The third-order valence-electron chi connectivity index (χ3n) is 3.46. The second-order valence-electron chi connectivity index (χ2n) is 4.98. The van der Waals surface area contributed by atoms with Crippen LogP contribution in [-0.2, 0) is 6.54 Å². The van der Waals surface area contributed by atoms with E-state index in [1.165, 1.54) is 6.07 Å². The van der Waals surface area contributed by atoms with E-state index in [2.05, 4.69) is 15.3 Å². The van der Waals surface area contributed by atoms with Gasteiger partial charge >= 0.3 is 0 Å². The van der Waals surface area contributed by atoms with Crippen LogP contribution in [0, 0.1) is 12.7 Å². The zero-order chi connectivity index (χ0) is 15.7. The summed E-state index contributed by atoms with van der Waals surface area (Å²) in [6.07, 6.45) is 2.17. The third-order valence-corrected chi connectivity index (χ3v) is 3.46. The van der Waals surface area contributed by atoms with E-state index in [1.54, 1.807) is 23.3 Å². The van der Waals surface area contributed by atoms with E-state index >= 15 is 0 Å². The zero-order valence-corrected chi connectivity index (χ0v) is 11.7. The highest BCUT2D eigenvalue weighted by atomic mass is 19.3. The van der Waals surface area contributed by atoms with Gasteiger partial charge in [0.15, 0.2) is 0 Å². The summed E-state index contributed by atoms with van der Waals surface area (Å²) < 4.78 is 40.5. The highest BCUT2D eigenvalue weighted by molar-refractivity contribution is 5.62. The van der Waals surface area contributed by atoms with Crippen molar-refractivity contribution in [1.29, 1.82) is 0 Å². The fraction of sp³-hybridized carbons (Fsp3) is 0.200. The molecule has 4 nitrogen and oxygen atoms in total. The normalized spacial score (nSPS) is 11.3. The van der Waals surface area contributed by atoms with Gasteiger partial charge in [0.25, 0.3) is 6.43 Å². The lowest BCUT2D eigenvalue weighted by atomic mass is 10.1. The Morgan fingerprint density at radius 2 is 2.05 bits per heavy atom. The van der Waals surface area contributed by atoms with E-state index in [4.69, 9.17) is 0 Å². The number of halogens is 3. The number of benzene rings is 1. The van der Waals surface area contributed by atoms with Crippen molar-refractivity contribution in [1.82, 2.24) is 20.0 Å². The molecular weight excluding hydrogens is 293 g/mol. The van der Waals surface area contributed by atoms with Gasteiger partial charge in [-0.15, -0.1) is 0 Å². The average molecular weight is 306 g/mol. The molecule has 3 aromatic rings. The van der Waals surface area contributed by atoms with Crippen LogP contribution in [0.2, 0.25) is 0 Å². The minimum atomic E-state index is -2.84. The van der Waals surface area contributed by atoms with Crippen molar-refractivity contribution in [3.8, 4) is 11.1 Å². The molecule has 0 atom stereocenters. The summed E-state index contributed by atoms with van der Waals surface area (Å²) in [5.74, 6) is -0.903. The third kappa shape index (κ3) is 2.74. The van der Waals surface area contributed by atoms with Crippen molar-refractivity contribution >= 4 is 0 Å². The first-order valence-corrected chi connectivity index (χ1v) is 6.64. The van der Waals surface area contributed by atoms with Crippen LogP contribution in [0.3, 0.4) is 0 Å². The lowest BCUT2D eigenvalue weighted by molar-refractivity contribution is 0.146. The molecule has 0 radical (unpaired) electrons. The number of aromatic amines is 1. The van der Waals surface area contributed by atoms with E-state index in [1.807, 2.05) is 6.92 Å². The van der Waals surface area contributed by atoms with Gasteiger partial charge in [0, 0.05) is 23.0 Å². The van der Waals surface area contributed by atoms with Gasteiger partial charge in [-0.25, -0.2) is 13.2 Å². The van der Waals surface area contributed by atoms with Gasteiger partial charge in [0.05, 0.1) is 24.5 Å². The van der Waals surface area contributed by atoms with Crippen molar-refractivity contribution in [3.05, 3.63) is 59.4 Å². The summed E-state index contributed by atoms with van der Waals surface area (Å²) in [7, 11) is 0. The maximum atomic E-state index is 13.3. The second-order valence-corrected chi connectivity index (χ2v) is 4.98. The minimum absolute atomic E-state index is 0.506. The number of rotatable bonds is 4. The summed E-state index contributed by atoms with van der Waals surface area (Å²) in [5.41, 5.74) is 2.49. The molecule has 7 heteroatoms. The minimum Gasteiger partial charge on any atom is -0.283 e. The molecule has 1 aromatic carbocycles. The molecule has 0 aliphatic carbocycles. The van der Waals surface area contributed by atoms with E-state index in [-0.39, 0.29) is 0 Å². The summed E-state index contributed by atoms with van der Waals surface area (Å²) in [5, 5.41) is 11.0. The maximum absolute atomic E-state index is 13.3. The number of hydrogen-bond donors (Lipinski definition) is 1. The van der Waals surface area contributed by atoms with Gasteiger partial charge in [-0.1, -0.05) is 6.07 Å². The number of aromatic nitrogens is 4. The molecule has 3 rings (SSSR count). The molecule has 1 N–H and O–H groups in total. The molecule has 0 saturated carbocycles. The Hall–Kier alpha value is -2.57. The Morgan fingerprint density at radius 3 is 2.73 bits per heavy atom. The van der Waals surface area contributed by atoms with Gasteiger partial charge in [-0.05, 0) is 24.6 Å². The molecule has 0 amide bonds. The Morgan fingerprint density at radius 1 is 1.23 bits per heavy atom. The van der Waals surface area contributed by atoms with Crippen LogP contribution < -0.4 is 0 Å². The monoisotopic (exact) mass is 306 g/mol. The number of H-pyrrole nitrogens is 1. The average Bonchev–Trinajstić information content (AvgIpc) is 3.10. The molecule has 0 bridgehead atoms. The lowest BCUT2D eigenvalue weighted by Gasteiger charge is -2.04. The Balaban J connectivity index is 1.88. The molecule has 2 aromatic heterocycles. The summed E-state index contributed by atoms with van der Waals surface area (Å²) in [4.78, 5) is 0. The van der Waals surface area contributed by atoms with E-state index in [9.17, 15) is 13.2 Å². The maximum Gasteiger partial charge on any atom is 0.266 e. The fourth-order valence-corrected chi connectivity index (χ4v) is 2.20. The Bertz CT molecular complexity index is 792. The van der Waals surface area contributed by atoms with Crippen LogP contribution in [0.4, 0.5) is 13.2 Å². The summed E-state index contributed by atoms with van der Waals surface area (Å²) in [6, 6.07) is 3.67. The second kappa shape index (κ2) is 5.67. The first kappa shape index (κ1) is 14.4. The van der Waals surface area contributed by atoms with E-state index < -0.39 is 17.8 Å². The zero-order valence-electron chi connectivity index (χ0n) is 11.7. The highest BCUT2D eigenvalue weighted by Crippen LogP contribution is 2.28. The quantitative estimate of drug-likeness (QED) is 0.799. The molecule has 0 saturated heterocycles. The Labute approximate surface area is 124 Å². The van der Waals surface area contributed by atoms with Crippen LogP contribution in [0.25, 0.3) is 11.1 Å². The smallest absolute Gasteiger partial charge is 0.266 e. The molecule has 0 spiro atoms. The summed E-state index contributed by atoms with van der Waals surface area (Å²) >= 11 is 0. The van der Waals surface area contributed by atoms with Crippen molar-refractivity contribution in [2.75, 3.05) is 0 Å². The highest BCUT2D eigenvalue weighted by Gasteiger charge is 2.15. The number of nitrogens with one attached hydrogen (secondary N) is 1. The van der Waals surface area contributed by atoms with Crippen LogP contribution in [-0.4, -0.2) is 20.0 Å². The lowest BCUT2D eigenvalue weighted by Crippen LogP contribution is -2.00. The van der Waals surface area contributed by atoms with Gasteiger partial charge in [0.2, 0.25) is 0 Å². The molecule has 114 valence electrons. The molecule has 0 aliphatic heterocycles. The van der Waals surface area contributed by atoms with Crippen molar-refractivity contribution in [3.63, 3.8) is 0 Å². The number of hydrogen-bond acceptors (Lipinski definition) is 2. The van der Waals surface area contributed by atoms with Gasteiger partial charge in [-0.3, -0.25) is 9.78 Å². The molecule has 22 heavy (non-hydrogen) atoms. The van der Waals surface area contributed by atoms with Crippen molar-refractivity contribution in [2.24, 2.45) is 0 Å². The summed E-state index contributed by atoms with van der Waals surface area (Å²) in [6.45, 7) is 2.42. The van der Waals surface area contributed by atoms with Crippen LogP contribution in [0.5, 0.6) is 0 Å². The van der Waals surface area contributed by atoms with Gasteiger partial charge < -0.3 is 0 Å². The van der Waals surface area contributed by atoms with Crippen molar-refractivity contribution < 1.29 is 13.2 Å². The van der Waals surface area contributed by atoms with Crippen molar-refractivity contribution in [2.45, 2.75) is 19.9 Å². The molecule has 0 unspecified atom stereocenters. The number of aryl methyl sites for hydroxylation is 1. The SMILES string of the molecule is Cc1[nH]ncc1Cn1cc(-c2ccc(F)c(C(F)F)c2)cn1. The first-order chi connectivity index (χ1) is 10.5. The molecular formula is C15H13F3N4. The number of nitrogens with zero attached hydrogens (tertiary/aromatic N) is 3. The first-order valence-electron chi connectivity index (χ1n) is 6.64. The van der Waals surface area contributed by atoms with E-state index in [0.29, 0.717) is 17.7 Å². The van der Waals surface area contributed by atoms with Crippen LogP contribution in [0.1, 0.15) is 23.2 Å². The van der Waals surface area contributed by atoms with Gasteiger partial charge in [0.1, 0.15) is 5.82 Å². The van der Waals surface area contributed by atoms with Crippen LogP contribution >= 0.6 is 0 Å².